The number of unbranched alkanes of at least 4 members (excludes halogenated alkanes) is 2. The van der Waals surface area contributed by atoms with Crippen LogP contribution in [0.4, 0.5) is 13.2 Å². The Bertz CT molecular complexity index is 1200. The second kappa shape index (κ2) is 15.4. The Morgan fingerprint density at radius 1 is 0.875 bits per heavy atom. The lowest BCUT2D eigenvalue weighted by atomic mass is 10.0. The Balaban J connectivity index is 1.76. The summed E-state index contributed by atoms with van der Waals surface area (Å²) in [5.41, 5.74) is 2.52. The third-order valence-electron chi connectivity index (χ3n) is 6.03. The van der Waals surface area contributed by atoms with Crippen LogP contribution in [0.3, 0.4) is 0 Å². The Labute approximate surface area is 238 Å². The molecule has 3 aromatic rings. The molecule has 0 N–H and O–H groups in total. The molecular formula is C31H34ClF3O5. The van der Waals surface area contributed by atoms with Crippen LogP contribution in [0.5, 0.6) is 17.2 Å². The Hall–Kier alpha value is -3.39. The summed E-state index contributed by atoms with van der Waals surface area (Å²) in [7, 11) is 0. The average Bonchev–Trinajstić information content (AvgIpc) is 2.92. The van der Waals surface area contributed by atoms with Gasteiger partial charge < -0.3 is 18.9 Å². The van der Waals surface area contributed by atoms with Crippen molar-refractivity contribution in [1.29, 1.82) is 0 Å². The molecule has 40 heavy (non-hydrogen) atoms. The number of hydrogen-bond donors (Lipinski definition) is 0. The van der Waals surface area contributed by atoms with Crippen LogP contribution in [0, 0.1) is 0 Å². The predicted molar refractivity (Wildman–Crippen MR) is 149 cm³/mol. The summed E-state index contributed by atoms with van der Waals surface area (Å²) < 4.78 is 59.1. The summed E-state index contributed by atoms with van der Waals surface area (Å²) in [5, 5.41) is 0.703. The van der Waals surface area contributed by atoms with Gasteiger partial charge in [-0.3, -0.25) is 0 Å². The van der Waals surface area contributed by atoms with Crippen LogP contribution < -0.4 is 14.2 Å². The maximum absolute atomic E-state index is 12.6. The van der Waals surface area contributed by atoms with Crippen LogP contribution in [-0.4, -0.2) is 31.6 Å². The fourth-order valence-corrected chi connectivity index (χ4v) is 4.14. The maximum Gasteiger partial charge on any atom is 0.573 e. The highest BCUT2D eigenvalue weighted by molar-refractivity contribution is 6.30. The van der Waals surface area contributed by atoms with Crippen LogP contribution in [0.15, 0.2) is 66.7 Å². The van der Waals surface area contributed by atoms with Crippen LogP contribution in [0.2, 0.25) is 5.02 Å². The van der Waals surface area contributed by atoms with Crippen LogP contribution in [0.1, 0.15) is 51.5 Å². The third-order valence-corrected chi connectivity index (χ3v) is 6.29. The zero-order valence-electron chi connectivity index (χ0n) is 22.6. The average molecular weight is 579 g/mol. The van der Waals surface area contributed by atoms with Crippen molar-refractivity contribution in [1.82, 2.24) is 0 Å². The molecule has 1 atom stereocenters. The Morgan fingerprint density at radius 2 is 1.57 bits per heavy atom. The van der Waals surface area contributed by atoms with E-state index in [0.29, 0.717) is 40.7 Å². The van der Waals surface area contributed by atoms with Gasteiger partial charge in [-0.1, -0.05) is 55.3 Å². The molecule has 0 amide bonds. The van der Waals surface area contributed by atoms with Crippen LogP contribution in [0.25, 0.3) is 11.1 Å². The van der Waals surface area contributed by atoms with Crippen molar-refractivity contribution in [2.45, 2.75) is 64.8 Å². The van der Waals surface area contributed by atoms with Gasteiger partial charge in [-0.2, -0.15) is 0 Å². The molecule has 0 aliphatic heterocycles. The summed E-state index contributed by atoms with van der Waals surface area (Å²) in [4.78, 5) is 12.6. The topological polar surface area (TPSA) is 54.0 Å². The zero-order valence-corrected chi connectivity index (χ0v) is 23.4. The van der Waals surface area contributed by atoms with Crippen LogP contribution >= 0.6 is 11.6 Å². The van der Waals surface area contributed by atoms with Gasteiger partial charge in [0.05, 0.1) is 13.2 Å². The van der Waals surface area contributed by atoms with Crippen LogP contribution in [-0.2, 0) is 16.0 Å². The summed E-state index contributed by atoms with van der Waals surface area (Å²) in [6.07, 6.45) is -0.872. The largest absolute Gasteiger partial charge is 0.573 e. The first-order chi connectivity index (χ1) is 19.2. The highest BCUT2D eigenvalue weighted by Gasteiger charge is 2.31. The van der Waals surface area contributed by atoms with E-state index in [9.17, 15) is 18.0 Å². The minimum atomic E-state index is -4.77. The summed E-state index contributed by atoms with van der Waals surface area (Å²) in [5.74, 6) is 0.0650. The second-order valence-corrected chi connectivity index (χ2v) is 9.60. The van der Waals surface area contributed by atoms with Crippen molar-refractivity contribution in [3.63, 3.8) is 0 Å². The molecule has 0 radical (unpaired) electrons. The monoisotopic (exact) mass is 578 g/mol. The van der Waals surface area contributed by atoms with Gasteiger partial charge >= 0.3 is 12.3 Å². The van der Waals surface area contributed by atoms with Gasteiger partial charge in [-0.25, -0.2) is 4.79 Å². The predicted octanol–water partition coefficient (Wildman–Crippen LogP) is 8.81. The molecular weight excluding hydrogens is 545 g/mol. The molecule has 3 aromatic carbocycles. The van der Waals surface area contributed by atoms with E-state index in [1.165, 1.54) is 29.8 Å². The van der Waals surface area contributed by atoms with Gasteiger partial charge in [0.25, 0.3) is 0 Å². The van der Waals surface area contributed by atoms with Gasteiger partial charge in [-0.05, 0) is 92.1 Å². The fourth-order valence-electron chi connectivity index (χ4n) is 4.02. The number of benzene rings is 3. The lowest BCUT2D eigenvalue weighted by Gasteiger charge is -2.20. The van der Waals surface area contributed by atoms with Crippen molar-refractivity contribution >= 4 is 17.6 Å². The molecule has 0 spiro atoms. The summed E-state index contributed by atoms with van der Waals surface area (Å²) >= 11 is 5.95. The van der Waals surface area contributed by atoms with Crippen molar-refractivity contribution in [2.24, 2.45) is 0 Å². The molecule has 0 saturated carbocycles. The molecule has 1 unspecified atom stereocenters. The number of rotatable bonds is 15. The smallest absolute Gasteiger partial charge is 0.490 e. The quantitative estimate of drug-likeness (QED) is 0.133. The molecule has 0 aliphatic rings. The molecule has 0 fully saturated rings. The fraction of sp³-hybridized carbons (Fsp3) is 0.387. The summed E-state index contributed by atoms with van der Waals surface area (Å²) in [6.45, 7) is 4.42. The van der Waals surface area contributed by atoms with Gasteiger partial charge in [0.1, 0.15) is 5.75 Å². The number of hydrogen-bond acceptors (Lipinski definition) is 5. The molecule has 0 heterocycles. The van der Waals surface area contributed by atoms with E-state index in [1.807, 2.05) is 31.2 Å². The minimum absolute atomic E-state index is 0.230. The lowest BCUT2D eigenvalue weighted by Crippen LogP contribution is -2.29. The third kappa shape index (κ3) is 10.3. The van der Waals surface area contributed by atoms with Gasteiger partial charge in [0, 0.05) is 5.02 Å². The van der Waals surface area contributed by atoms with Crippen molar-refractivity contribution in [3.05, 3.63) is 77.3 Å². The Kier molecular flexibility index (Phi) is 12.0. The Morgan fingerprint density at radius 3 is 2.23 bits per heavy atom. The van der Waals surface area contributed by atoms with E-state index in [0.717, 1.165) is 32.1 Å². The molecule has 9 heteroatoms. The molecule has 216 valence electrons. The number of ether oxygens (including phenoxy) is 4. The standard InChI is InChI=1S/C31H34ClF3O5/c1-3-5-9-28(30(36)37-4-2)39-29-21-24(23-12-17-26(18-13-23)40-31(33,34)35)14-19-27(29)38-20-7-6-8-22-10-15-25(32)16-11-22/h10-19,21,28H,3-9,20H2,1-2H3. The van der Waals surface area contributed by atoms with Gasteiger partial charge in [0.15, 0.2) is 17.6 Å². The number of aryl methyl sites for hydroxylation is 1. The van der Waals surface area contributed by atoms with Gasteiger partial charge in [0.2, 0.25) is 0 Å². The van der Waals surface area contributed by atoms with E-state index in [2.05, 4.69) is 4.74 Å². The van der Waals surface area contributed by atoms with Crippen molar-refractivity contribution < 1.29 is 36.9 Å². The van der Waals surface area contributed by atoms with E-state index < -0.39 is 18.4 Å². The maximum atomic E-state index is 12.6. The first-order valence-electron chi connectivity index (χ1n) is 13.4. The van der Waals surface area contributed by atoms with E-state index in [-0.39, 0.29) is 12.4 Å². The number of halogens is 4. The summed E-state index contributed by atoms with van der Waals surface area (Å²) in [6, 6.07) is 18.5. The van der Waals surface area contributed by atoms with E-state index in [4.69, 9.17) is 25.8 Å². The van der Waals surface area contributed by atoms with E-state index >= 15 is 0 Å². The molecule has 0 aromatic heterocycles. The minimum Gasteiger partial charge on any atom is -0.490 e. The zero-order chi connectivity index (χ0) is 29.0. The van der Waals surface area contributed by atoms with Gasteiger partial charge in [-0.15, -0.1) is 13.2 Å². The number of carbonyl (C=O) groups excluding carboxylic acids is 1. The molecule has 0 aliphatic carbocycles. The molecule has 0 saturated heterocycles. The first kappa shape index (κ1) is 31.1. The number of carbonyl (C=O) groups is 1. The molecule has 3 rings (SSSR count). The first-order valence-corrected chi connectivity index (χ1v) is 13.8. The SMILES string of the molecule is CCCCC(Oc1cc(-c2ccc(OC(F)(F)F)cc2)ccc1OCCCCc1ccc(Cl)cc1)C(=O)OCC. The number of alkyl halides is 3. The second-order valence-electron chi connectivity index (χ2n) is 9.17. The number of esters is 1. The molecule has 0 bridgehead atoms. The van der Waals surface area contributed by atoms with E-state index in [1.54, 1.807) is 25.1 Å². The molecule has 5 nitrogen and oxygen atoms in total. The highest BCUT2D eigenvalue weighted by Crippen LogP contribution is 2.35. The van der Waals surface area contributed by atoms with Crippen molar-refractivity contribution in [2.75, 3.05) is 13.2 Å². The normalized spacial score (nSPS) is 12.1. The lowest BCUT2D eigenvalue weighted by molar-refractivity contribution is -0.274. The highest BCUT2D eigenvalue weighted by atomic mass is 35.5. The van der Waals surface area contributed by atoms with Crippen molar-refractivity contribution in [3.8, 4) is 28.4 Å².